The number of carbonyl (C=O) groups is 1. The molecule has 136 valence electrons. The lowest BCUT2D eigenvalue weighted by atomic mass is 9.88. The van der Waals surface area contributed by atoms with Crippen LogP contribution < -0.4 is 0 Å². The smallest absolute Gasteiger partial charge is 0.140 e. The lowest BCUT2D eigenvalue weighted by Gasteiger charge is -2.16. The Morgan fingerprint density at radius 1 is 0.500 bits per heavy atom. The zero-order valence-electron chi connectivity index (χ0n) is 15.8. The summed E-state index contributed by atoms with van der Waals surface area (Å²) < 4.78 is 0. The summed E-state index contributed by atoms with van der Waals surface area (Å²) in [5.41, 5.74) is 5.51. The van der Waals surface area contributed by atoms with Gasteiger partial charge in [0.05, 0.1) is 0 Å². The van der Waals surface area contributed by atoms with Gasteiger partial charge in [0, 0.05) is 11.8 Å². The van der Waals surface area contributed by atoms with E-state index in [1.807, 2.05) is 0 Å². The van der Waals surface area contributed by atoms with Crippen LogP contribution in [0.5, 0.6) is 0 Å². The molecule has 0 saturated carbocycles. The Morgan fingerprint density at radius 3 is 1.07 bits per heavy atom. The van der Waals surface area contributed by atoms with Crippen LogP contribution in [0.2, 0.25) is 0 Å². The summed E-state index contributed by atoms with van der Waals surface area (Å²) in [7, 11) is 0. The molecule has 2 aliphatic carbocycles. The SMILES string of the molecule is O=C1C2Cc3cc4ccccc4cc3CC1Cc1cc3ccccc3cc1C2. The molecule has 0 radical (unpaired) electrons. The molecule has 1 heteroatoms. The zero-order chi connectivity index (χ0) is 18.7. The summed E-state index contributed by atoms with van der Waals surface area (Å²) in [6, 6.07) is 26.4. The van der Waals surface area contributed by atoms with E-state index in [1.54, 1.807) is 0 Å². The Kier molecular flexibility index (Phi) is 3.46. The molecule has 0 amide bonds. The van der Waals surface area contributed by atoms with Crippen molar-refractivity contribution in [1.29, 1.82) is 0 Å². The van der Waals surface area contributed by atoms with Crippen molar-refractivity contribution >= 4 is 27.3 Å². The summed E-state index contributed by atoms with van der Waals surface area (Å²) in [4.78, 5) is 13.4. The van der Waals surface area contributed by atoms with Gasteiger partial charge in [-0.25, -0.2) is 0 Å². The van der Waals surface area contributed by atoms with Crippen LogP contribution in [0.1, 0.15) is 22.3 Å². The normalized spacial score (nSPS) is 21.1. The van der Waals surface area contributed by atoms with Crippen LogP contribution in [0.4, 0.5) is 0 Å². The Bertz CT molecular complexity index is 1060. The van der Waals surface area contributed by atoms with E-state index in [4.69, 9.17) is 0 Å². The van der Waals surface area contributed by atoms with Crippen LogP contribution in [-0.4, -0.2) is 5.78 Å². The van der Waals surface area contributed by atoms with Gasteiger partial charge in [-0.15, -0.1) is 0 Å². The monoisotopic (exact) mass is 362 g/mol. The van der Waals surface area contributed by atoms with Crippen molar-refractivity contribution in [3.63, 3.8) is 0 Å². The van der Waals surface area contributed by atoms with E-state index in [1.165, 1.54) is 43.8 Å². The molecule has 2 aliphatic rings. The van der Waals surface area contributed by atoms with Crippen molar-refractivity contribution in [2.24, 2.45) is 11.8 Å². The van der Waals surface area contributed by atoms with E-state index in [2.05, 4.69) is 72.8 Å². The molecule has 0 aromatic heterocycles. The Hall–Kier alpha value is -2.93. The van der Waals surface area contributed by atoms with Crippen LogP contribution >= 0.6 is 0 Å². The highest BCUT2D eigenvalue weighted by atomic mass is 16.1. The molecule has 4 aromatic rings. The molecule has 2 bridgehead atoms. The van der Waals surface area contributed by atoms with Crippen LogP contribution in [-0.2, 0) is 30.5 Å². The van der Waals surface area contributed by atoms with Gasteiger partial charge < -0.3 is 0 Å². The van der Waals surface area contributed by atoms with Crippen molar-refractivity contribution in [1.82, 2.24) is 0 Å². The lowest BCUT2D eigenvalue weighted by Crippen LogP contribution is -2.24. The van der Waals surface area contributed by atoms with Crippen molar-refractivity contribution in [2.75, 3.05) is 0 Å². The fourth-order valence-corrected chi connectivity index (χ4v) is 5.37. The lowest BCUT2D eigenvalue weighted by molar-refractivity contribution is -0.126. The fraction of sp³-hybridized carbons (Fsp3) is 0.222. The third kappa shape index (κ3) is 2.50. The van der Waals surface area contributed by atoms with E-state index >= 15 is 0 Å². The average Bonchev–Trinajstić information content (AvgIpc) is 2.91. The molecule has 0 atom stereocenters. The van der Waals surface area contributed by atoms with Gasteiger partial charge in [0.25, 0.3) is 0 Å². The molecule has 0 heterocycles. The van der Waals surface area contributed by atoms with Gasteiger partial charge in [-0.05, 0) is 69.5 Å². The third-order valence-electron chi connectivity index (χ3n) is 6.81. The minimum atomic E-state index is 0.106. The Morgan fingerprint density at radius 2 is 0.786 bits per heavy atom. The highest BCUT2D eigenvalue weighted by Gasteiger charge is 2.35. The second-order valence-corrected chi connectivity index (χ2v) is 8.55. The fourth-order valence-electron chi connectivity index (χ4n) is 5.37. The molecule has 0 N–H and O–H groups in total. The molecule has 4 aromatic carbocycles. The van der Waals surface area contributed by atoms with Gasteiger partial charge in [-0.3, -0.25) is 4.79 Å². The molecule has 0 unspecified atom stereocenters. The average molecular weight is 362 g/mol. The highest BCUT2D eigenvalue weighted by molar-refractivity contribution is 5.90. The molecule has 28 heavy (non-hydrogen) atoms. The Balaban J connectivity index is 1.48. The van der Waals surface area contributed by atoms with Crippen molar-refractivity contribution in [2.45, 2.75) is 25.7 Å². The first-order valence-corrected chi connectivity index (χ1v) is 10.3. The summed E-state index contributed by atoms with van der Waals surface area (Å²) in [6.07, 6.45) is 3.51. The van der Waals surface area contributed by atoms with Crippen LogP contribution in [0.3, 0.4) is 0 Å². The highest BCUT2D eigenvalue weighted by Crippen LogP contribution is 2.37. The number of fused-ring (bicyclic) bond motifs is 6. The van der Waals surface area contributed by atoms with Crippen LogP contribution in [0.15, 0.2) is 72.8 Å². The topological polar surface area (TPSA) is 17.1 Å². The van der Waals surface area contributed by atoms with E-state index in [0.29, 0.717) is 5.78 Å². The van der Waals surface area contributed by atoms with Gasteiger partial charge in [0.15, 0.2) is 0 Å². The molecule has 0 aliphatic heterocycles. The summed E-state index contributed by atoms with van der Waals surface area (Å²) >= 11 is 0. The second kappa shape index (κ2) is 6.04. The molecular weight excluding hydrogens is 340 g/mol. The number of carbonyl (C=O) groups excluding carboxylic acids is 1. The molecule has 0 fully saturated rings. The predicted octanol–water partition coefficient (Wildman–Crippen LogP) is 5.69. The first kappa shape index (κ1) is 16.1. The minimum Gasteiger partial charge on any atom is -0.299 e. The maximum atomic E-state index is 13.4. The van der Waals surface area contributed by atoms with Crippen molar-refractivity contribution in [3.8, 4) is 0 Å². The van der Waals surface area contributed by atoms with Crippen LogP contribution in [0, 0.1) is 11.8 Å². The van der Waals surface area contributed by atoms with Crippen molar-refractivity contribution < 1.29 is 4.79 Å². The second-order valence-electron chi connectivity index (χ2n) is 8.55. The third-order valence-corrected chi connectivity index (χ3v) is 6.81. The molecule has 1 nitrogen and oxygen atoms in total. The number of hydrogen-bond acceptors (Lipinski definition) is 1. The Labute approximate surface area is 165 Å². The first-order valence-electron chi connectivity index (χ1n) is 10.3. The van der Waals surface area contributed by atoms with E-state index in [0.717, 1.165) is 25.7 Å². The maximum absolute atomic E-state index is 13.4. The number of hydrogen-bond donors (Lipinski definition) is 0. The molecular formula is C27H22O. The summed E-state index contributed by atoms with van der Waals surface area (Å²) in [6.45, 7) is 0. The van der Waals surface area contributed by atoms with Gasteiger partial charge in [0.2, 0.25) is 0 Å². The first-order chi connectivity index (χ1) is 13.7. The number of rotatable bonds is 0. The summed E-state index contributed by atoms with van der Waals surface area (Å²) in [5, 5.41) is 5.15. The standard InChI is InChI=1S/C27H22O/c28-27-25-13-21-9-17-5-1-2-6-18(17)10-22(21)14-26(27)16-24-12-20-8-4-3-7-19(20)11-23(24)15-25/h1-12,25-26H,13-16H2. The van der Waals surface area contributed by atoms with Gasteiger partial charge in [-0.2, -0.15) is 0 Å². The van der Waals surface area contributed by atoms with E-state index < -0.39 is 0 Å². The van der Waals surface area contributed by atoms with Crippen molar-refractivity contribution in [3.05, 3.63) is 95.1 Å². The number of benzene rings is 4. The predicted molar refractivity (Wildman–Crippen MR) is 115 cm³/mol. The quantitative estimate of drug-likeness (QED) is 0.393. The molecule has 0 spiro atoms. The minimum absolute atomic E-state index is 0.106. The van der Waals surface area contributed by atoms with Gasteiger partial charge in [0.1, 0.15) is 5.78 Å². The molecule has 6 rings (SSSR count). The number of ketones is 1. The maximum Gasteiger partial charge on any atom is 0.140 e. The van der Waals surface area contributed by atoms with Gasteiger partial charge >= 0.3 is 0 Å². The van der Waals surface area contributed by atoms with Crippen LogP contribution in [0.25, 0.3) is 21.5 Å². The largest absolute Gasteiger partial charge is 0.299 e. The van der Waals surface area contributed by atoms with E-state index in [-0.39, 0.29) is 11.8 Å². The van der Waals surface area contributed by atoms with Gasteiger partial charge in [-0.1, -0.05) is 72.8 Å². The zero-order valence-corrected chi connectivity index (χ0v) is 15.8. The number of Topliss-reactive ketones (excluding diaryl/α,β-unsaturated/α-hetero) is 1. The molecule has 0 saturated heterocycles. The summed E-state index contributed by atoms with van der Waals surface area (Å²) in [5.74, 6) is 0.685. The van der Waals surface area contributed by atoms with E-state index in [9.17, 15) is 4.79 Å².